The fourth-order valence-electron chi connectivity index (χ4n) is 4.15. The number of hydrogen-bond donors (Lipinski definition) is 1. The van der Waals surface area contributed by atoms with Gasteiger partial charge in [0.1, 0.15) is 11.5 Å². The second kappa shape index (κ2) is 7.35. The molecule has 2 aromatic carbocycles. The molecule has 156 valence electrons. The van der Waals surface area contributed by atoms with Gasteiger partial charge in [-0.15, -0.1) is 0 Å². The number of amides is 1. The molecule has 0 fully saturated rings. The first kappa shape index (κ1) is 19.5. The van der Waals surface area contributed by atoms with Gasteiger partial charge in [0.25, 0.3) is 5.91 Å². The lowest BCUT2D eigenvalue weighted by atomic mass is 10.0. The third-order valence-corrected chi connectivity index (χ3v) is 5.94. The van der Waals surface area contributed by atoms with Gasteiger partial charge in [0.15, 0.2) is 5.78 Å². The Morgan fingerprint density at radius 1 is 1.19 bits per heavy atom. The molecule has 2 aromatic heterocycles. The highest BCUT2D eigenvalue weighted by Crippen LogP contribution is 2.30. The van der Waals surface area contributed by atoms with E-state index in [9.17, 15) is 14.0 Å². The SMILES string of the molecule is CC(=O)c1nn(-c2ccc(F)cc2Cl)c2c1CN(C(=O)c1c[nH]c3ccccc13)CC2. The second-order valence-corrected chi connectivity index (χ2v) is 7.97. The van der Waals surface area contributed by atoms with Crippen LogP contribution in [0.1, 0.15) is 39.0 Å². The standard InChI is InChI=1S/C23H18ClFN4O2/c1-13(30)22-17-12-28(23(31)16-11-26-19-5-3-2-4-15(16)19)9-8-20(17)29(27-22)21-7-6-14(25)10-18(21)24/h2-7,10-11,26H,8-9,12H2,1H3. The first-order chi connectivity index (χ1) is 14.9. The number of carbonyl (C=O) groups excluding carboxylic acids is 2. The average Bonchev–Trinajstić information content (AvgIpc) is 3.35. The van der Waals surface area contributed by atoms with Crippen molar-refractivity contribution in [3.8, 4) is 5.69 Å². The summed E-state index contributed by atoms with van der Waals surface area (Å²) < 4.78 is 15.1. The molecule has 0 saturated heterocycles. The molecule has 0 aliphatic carbocycles. The third kappa shape index (κ3) is 3.21. The molecule has 5 rings (SSSR count). The van der Waals surface area contributed by atoms with E-state index in [0.29, 0.717) is 35.5 Å². The Hall–Kier alpha value is -3.45. The van der Waals surface area contributed by atoms with Gasteiger partial charge in [0, 0.05) is 42.6 Å². The largest absolute Gasteiger partial charge is 0.360 e. The van der Waals surface area contributed by atoms with E-state index in [1.54, 1.807) is 21.8 Å². The minimum absolute atomic E-state index is 0.106. The predicted octanol–water partition coefficient (Wildman–Crippen LogP) is 4.55. The number of H-pyrrole nitrogens is 1. The maximum absolute atomic E-state index is 13.5. The Labute approximate surface area is 182 Å². The normalized spacial score (nSPS) is 13.5. The summed E-state index contributed by atoms with van der Waals surface area (Å²) in [6.45, 7) is 2.17. The minimum atomic E-state index is -0.447. The Balaban J connectivity index is 1.54. The van der Waals surface area contributed by atoms with Crippen LogP contribution in [0.15, 0.2) is 48.7 Å². The number of aromatic nitrogens is 3. The predicted molar refractivity (Wildman–Crippen MR) is 115 cm³/mol. The van der Waals surface area contributed by atoms with Crippen LogP contribution in [0.25, 0.3) is 16.6 Å². The first-order valence-electron chi connectivity index (χ1n) is 9.86. The number of fused-ring (bicyclic) bond motifs is 2. The number of halogens is 2. The zero-order chi connectivity index (χ0) is 21.7. The van der Waals surface area contributed by atoms with E-state index in [2.05, 4.69) is 10.1 Å². The number of hydrogen-bond acceptors (Lipinski definition) is 3. The molecule has 1 aliphatic heterocycles. The maximum atomic E-state index is 13.5. The van der Waals surface area contributed by atoms with Gasteiger partial charge in [-0.2, -0.15) is 5.10 Å². The van der Waals surface area contributed by atoms with Crippen molar-refractivity contribution in [3.63, 3.8) is 0 Å². The number of nitrogens with one attached hydrogen (secondary N) is 1. The van der Waals surface area contributed by atoms with E-state index in [1.807, 2.05) is 24.3 Å². The molecule has 0 unspecified atom stereocenters. The van der Waals surface area contributed by atoms with Crippen LogP contribution < -0.4 is 0 Å². The Morgan fingerprint density at radius 2 is 2.00 bits per heavy atom. The van der Waals surface area contributed by atoms with Crippen molar-refractivity contribution in [2.75, 3.05) is 6.54 Å². The lowest BCUT2D eigenvalue weighted by Crippen LogP contribution is -2.36. The quantitative estimate of drug-likeness (QED) is 0.479. The number of carbonyl (C=O) groups is 2. The van der Waals surface area contributed by atoms with E-state index in [-0.39, 0.29) is 23.3 Å². The summed E-state index contributed by atoms with van der Waals surface area (Å²) in [5, 5.41) is 5.54. The van der Waals surface area contributed by atoms with Crippen molar-refractivity contribution < 1.29 is 14.0 Å². The van der Waals surface area contributed by atoms with Crippen LogP contribution in [0.2, 0.25) is 5.02 Å². The van der Waals surface area contributed by atoms with Crippen LogP contribution in [0.4, 0.5) is 4.39 Å². The number of para-hydroxylation sites is 1. The number of benzene rings is 2. The van der Waals surface area contributed by atoms with E-state index in [1.165, 1.54) is 19.1 Å². The first-order valence-corrected chi connectivity index (χ1v) is 10.2. The van der Waals surface area contributed by atoms with Gasteiger partial charge in [-0.05, 0) is 24.3 Å². The molecule has 8 heteroatoms. The molecule has 0 spiro atoms. The zero-order valence-electron chi connectivity index (χ0n) is 16.7. The second-order valence-electron chi connectivity index (χ2n) is 7.56. The molecular weight excluding hydrogens is 419 g/mol. The van der Waals surface area contributed by atoms with Crippen LogP contribution in [-0.2, 0) is 13.0 Å². The van der Waals surface area contributed by atoms with E-state index >= 15 is 0 Å². The molecule has 1 amide bonds. The fraction of sp³-hybridized carbons (Fsp3) is 0.174. The molecule has 0 saturated carbocycles. The lowest BCUT2D eigenvalue weighted by molar-refractivity contribution is 0.0733. The number of ketones is 1. The summed E-state index contributed by atoms with van der Waals surface area (Å²) in [5.41, 5.74) is 3.80. The molecule has 0 atom stereocenters. The third-order valence-electron chi connectivity index (χ3n) is 5.64. The number of aromatic amines is 1. The summed E-state index contributed by atoms with van der Waals surface area (Å²) in [4.78, 5) is 30.4. The molecule has 0 bridgehead atoms. The van der Waals surface area contributed by atoms with E-state index in [4.69, 9.17) is 11.6 Å². The highest BCUT2D eigenvalue weighted by Gasteiger charge is 2.31. The zero-order valence-corrected chi connectivity index (χ0v) is 17.4. The van der Waals surface area contributed by atoms with Gasteiger partial charge < -0.3 is 9.88 Å². The van der Waals surface area contributed by atoms with Crippen molar-refractivity contribution in [1.82, 2.24) is 19.7 Å². The van der Waals surface area contributed by atoms with Crippen LogP contribution in [-0.4, -0.2) is 37.9 Å². The molecule has 1 N–H and O–H groups in total. The van der Waals surface area contributed by atoms with Gasteiger partial charge in [-0.3, -0.25) is 9.59 Å². The van der Waals surface area contributed by atoms with Gasteiger partial charge in [-0.1, -0.05) is 29.8 Å². The highest BCUT2D eigenvalue weighted by atomic mass is 35.5. The molecular formula is C23H18ClFN4O2. The molecule has 0 radical (unpaired) electrons. The average molecular weight is 437 g/mol. The van der Waals surface area contributed by atoms with E-state index in [0.717, 1.165) is 16.6 Å². The lowest BCUT2D eigenvalue weighted by Gasteiger charge is -2.28. The van der Waals surface area contributed by atoms with Crippen molar-refractivity contribution >= 4 is 34.2 Å². The van der Waals surface area contributed by atoms with Crippen molar-refractivity contribution in [3.05, 3.63) is 82.0 Å². The molecule has 6 nitrogen and oxygen atoms in total. The fourth-order valence-corrected chi connectivity index (χ4v) is 4.39. The van der Waals surface area contributed by atoms with Crippen molar-refractivity contribution in [2.24, 2.45) is 0 Å². The molecule has 1 aliphatic rings. The van der Waals surface area contributed by atoms with Gasteiger partial charge in [0.2, 0.25) is 0 Å². The van der Waals surface area contributed by atoms with Crippen molar-refractivity contribution in [1.29, 1.82) is 0 Å². The number of rotatable bonds is 3. The molecule has 31 heavy (non-hydrogen) atoms. The highest BCUT2D eigenvalue weighted by molar-refractivity contribution is 6.32. The van der Waals surface area contributed by atoms with Gasteiger partial charge >= 0.3 is 0 Å². The van der Waals surface area contributed by atoms with Crippen LogP contribution in [0.5, 0.6) is 0 Å². The molecule has 3 heterocycles. The summed E-state index contributed by atoms with van der Waals surface area (Å²) in [5.74, 6) is -0.753. The van der Waals surface area contributed by atoms with Gasteiger partial charge in [-0.25, -0.2) is 9.07 Å². The van der Waals surface area contributed by atoms with E-state index < -0.39 is 5.82 Å². The maximum Gasteiger partial charge on any atom is 0.256 e. The summed E-state index contributed by atoms with van der Waals surface area (Å²) in [7, 11) is 0. The summed E-state index contributed by atoms with van der Waals surface area (Å²) in [6.07, 6.45) is 2.22. The van der Waals surface area contributed by atoms with Crippen LogP contribution in [0, 0.1) is 5.82 Å². The van der Waals surface area contributed by atoms with Crippen molar-refractivity contribution in [2.45, 2.75) is 19.9 Å². The topological polar surface area (TPSA) is 71.0 Å². The Bertz CT molecular complexity index is 1360. The Kier molecular flexibility index (Phi) is 4.63. The molecule has 4 aromatic rings. The Morgan fingerprint density at radius 3 is 2.77 bits per heavy atom. The smallest absolute Gasteiger partial charge is 0.256 e. The monoisotopic (exact) mass is 436 g/mol. The van der Waals surface area contributed by atoms with Crippen LogP contribution in [0.3, 0.4) is 0 Å². The van der Waals surface area contributed by atoms with Gasteiger partial charge in [0.05, 0.1) is 28.5 Å². The number of Topliss-reactive ketones (excluding diaryl/α,β-unsaturated/α-hetero) is 1. The van der Waals surface area contributed by atoms with Crippen LogP contribution >= 0.6 is 11.6 Å². The summed E-state index contributed by atoms with van der Waals surface area (Å²) >= 11 is 6.24. The minimum Gasteiger partial charge on any atom is -0.360 e. The number of nitrogens with zero attached hydrogens (tertiary/aromatic N) is 3. The summed E-state index contributed by atoms with van der Waals surface area (Å²) in [6, 6.07) is 11.7.